The molecule has 2 aromatic carbocycles. The molecule has 1 heterocycles. The van der Waals surface area contributed by atoms with Gasteiger partial charge in [0.1, 0.15) is 18.2 Å². The molecule has 0 amide bonds. The van der Waals surface area contributed by atoms with Gasteiger partial charge < -0.3 is 9.30 Å². The van der Waals surface area contributed by atoms with Gasteiger partial charge in [-0.3, -0.25) is 0 Å². The van der Waals surface area contributed by atoms with E-state index >= 15 is 0 Å². The Balaban J connectivity index is 1.60. The summed E-state index contributed by atoms with van der Waals surface area (Å²) in [7, 11) is 1.92. The van der Waals surface area contributed by atoms with Crippen molar-refractivity contribution < 1.29 is 9.13 Å². The predicted octanol–water partition coefficient (Wildman–Crippen LogP) is 4.13. The highest BCUT2D eigenvalue weighted by molar-refractivity contribution is 7.98. The molecule has 0 spiro atoms. The summed E-state index contributed by atoms with van der Waals surface area (Å²) in [4.78, 5) is 0. The molecule has 3 aromatic rings. The lowest BCUT2D eigenvalue weighted by Gasteiger charge is -2.07. The molecule has 0 saturated carbocycles. The molecule has 1 aromatic heterocycles. The normalized spacial score (nSPS) is 10.8. The van der Waals surface area contributed by atoms with Crippen LogP contribution in [-0.4, -0.2) is 14.8 Å². The highest BCUT2D eigenvalue weighted by Gasteiger charge is 2.10. The second-order valence-corrected chi connectivity index (χ2v) is 6.42. The van der Waals surface area contributed by atoms with Crippen molar-refractivity contribution >= 4 is 11.8 Å². The van der Waals surface area contributed by atoms with E-state index in [1.54, 1.807) is 23.9 Å². The van der Waals surface area contributed by atoms with E-state index in [9.17, 15) is 4.39 Å². The molecular formula is C18H18FN3OS. The largest absolute Gasteiger partial charge is 0.486 e. The maximum absolute atomic E-state index is 12.9. The quantitative estimate of drug-likeness (QED) is 0.631. The van der Waals surface area contributed by atoms with Crippen LogP contribution in [0, 0.1) is 12.7 Å². The molecule has 0 unspecified atom stereocenters. The maximum atomic E-state index is 12.9. The van der Waals surface area contributed by atoms with E-state index in [1.807, 2.05) is 42.8 Å². The summed E-state index contributed by atoms with van der Waals surface area (Å²) < 4.78 is 20.6. The number of thioether (sulfide) groups is 1. The Labute approximate surface area is 144 Å². The Morgan fingerprint density at radius 3 is 2.67 bits per heavy atom. The first-order valence-corrected chi connectivity index (χ1v) is 8.55. The molecule has 0 bridgehead atoms. The number of ether oxygens (including phenoxy) is 1. The summed E-state index contributed by atoms with van der Waals surface area (Å²) in [5, 5.41) is 9.19. The van der Waals surface area contributed by atoms with Crippen LogP contribution in [0.15, 0.2) is 53.7 Å². The van der Waals surface area contributed by atoms with Gasteiger partial charge in [-0.25, -0.2) is 4.39 Å². The Morgan fingerprint density at radius 1 is 1.12 bits per heavy atom. The van der Waals surface area contributed by atoms with Gasteiger partial charge in [0.2, 0.25) is 0 Å². The average molecular weight is 343 g/mol. The van der Waals surface area contributed by atoms with Gasteiger partial charge >= 0.3 is 0 Å². The summed E-state index contributed by atoms with van der Waals surface area (Å²) in [5.74, 6) is 2.07. The summed E-state index contributed by atoms with van der Waals surface area (Å²) in [5.41, 5.74) is 2.20. The van der Waals surface area contributed by atoms with Gasteiger partial charge in [0.25, 0.3) is 0 Å². The molecule has 0 radical (unpaired) electrons. The first kappa shape index (κ1) is 16.5. The maximum Gasteiger partial charge on any atom is 0.191 e. The van der Waals surface area contributed by atoms with E-state index in [0.717, 1.165) is 27.9 Å². The molecule has 0 saturated heterocycles. The van der Waals surface area contributed by atoms with Crippen LogP contribution in [0.3, 0.4) is 0 Å². The van der Waals surface area contributed by atoms with Crippen molar-refractivity contribution in [2.45, 2.75) is 24.4 Å². The number of rotatable bonds is 6. The molecule has 0 atom stereocenters. The number of aryl methyl sites for hydroxylation is 1. The fourth-order valence-electron chi connectivity index (χ4n) is 2.18. The molecule has 0 N–H and O–H groups in total. The highest BCUT2D eigenvalue weighted by atomic mass is 32.2. The molecule has 24 heavy (non-hydrogen) atoms. The van der Waals surface area contributed by atoms with Crippen LogP contribution in [-0.2, 0) is 19.4 Å². The monoisotopic (exact) mass is 343 g/mol. The van der Waals surface area contributed by atoms with Crippen LogP contribution >= 0.6 is 11.8 Å². The first-order valence-electron chi connectivity index (χ1n) is 7.57. The molecule has 3 rings (SSSR count). The molecule has 124 valence electrons. The molecule has 0 aliphatic rings. The van der Waals surface area contributed by atoms with E-state index in [2.05, 4.69) is 10.2 Å². The van der Waals surface area contributed by atoms with Crippen molar-refractivity contribution in [1.82, 2.24) is 14.8 Å². The zero-order chi connectivity index (χ0) is 16.9. The van der Waals surface area contributed by atoms with Gasteiger partial charge in [-0.05, 0) is 42.3 Å². The van der Waals surface area contributed by atoms with Crippen molar-refractivity contribution in [3.05, 3.63) is 71.3 Å². The smallest absolute Gasteiger partial charge is 0.191 e. The zero-order valence-electron chi connectivity index (χ0n) is 13.6. The van der Waals surface area contributed by atoms with Crippen molar-refractivity contribution in [3.8, 4) is 5.75 Å². The number of hydrogen-bond acceptors (Lipinski definition) is 4. The van der Waals surface area contributed by atoms with Crippen LogP contribution in [0.4, 0.5) is 4.39 Å². The van der Waals surface area contributed by atoms with Crippen molar-refractivity contribution in [2.24, 2.45) is 7.05 Å². The van der Waals surface area contributed by atoms with Crippen LogP contribution in [0.5, 0.6) is 5.75 Å². The second kappa shape index (κ2) is 7.49. The molecule has 0 fully saturated rings. The fourth-order valence-corrected chi connectivity index (χ4v) is 3.06. The third-order valence-corrected chi connectivity index (χ3v) is 4.66. The minimum absolute atomic E-state index is 0.224. The molecule has 6 heteroatoms. The highest BCUT2D eigenvalue weighted by Crippen LogP contribution is 2.22. The van der Waals surface area contributed by atoms with E-state index in [4.69, 9.17) is 4.74 Å². The van der Waals surface area contributed by atoms with Gasteiger partial charge in [-0.15, -0.1) is 10.2 Å². The summed E-state index contributed by atoms with van der Waals surface area (Å²) >= 11 is 1.56. The second-order valence-electron chi connectivity index (χ2n) is 5.48. The average Bonchev–Trinajstić information content (AvgIpc) is 2.93. The van der Waals surface area contributed by atoms with Crippen LogP contribution in [0.2, 0.25) is 0 Å². The van der Waals surface area contributed by atoms with Gasteiger partial charge in [-0.1, -0.05) is 36.0 Å². The third kappa shape index (κ3) is 4.14. The Hall–Kier alpha value is -2.34. The van der Waals surface area contributed by atoms with Crippen LogP contribution < -0.4 is 4.74 Å². The topological polar surface area (TPSA) is 39.9 Å². The SMILES string of the molecule is Cc1cccc(OCc2nnc(SCc3ccc(F)cc3)n2C)c1. The molecule has 4 nitrogen and oxygen atoms in total. The van der Waals surface area contributed by atoms with Crippen LogP contribution in [0.25, 0.3) is 0 Å². The predicted molar refractivity (Wildman–Crippen MR) is 92.5 cm³/mol. The summed E-state index contributed by atoms with van der Waals surface area (Å²) in [6.07, 6.45) is 0. The minimum atomic E-state index is -0.224. The first-order chi connectivity index (χ1) is 11.6. The number of aromatic nitrogens is 3. The zero-order valence-corrected chi connectivity index (χ0v) is 14.4. The fraction of sp³-hybridized carbons (Fsp3) is 0.222. The van der Waals surface area contributed by atoms with Crippen molar-refractivity contribution in [3.63, 3.8) is 0 Å². The van der Waals surface area contributed by atoms with Gasteiger partial charge in [0, 0.05) is 12.8 Å². The Bertz CT molecular complexity index is 817. The minimum Gasteiger partial charge on any atom is -0.486 e. The molecule has 0 aliphatic heterocycles. The Morgan fingerprint density at radius 2 is 1.92 bits per heavy atom. The van der Waals surface area contributed by atoms with E-state index in [0.29, 0.717) is 12.4 Å². The lowest BCUT2D eigenvalue weighted by molar-refractivity contribution is 0.290. The standard InChI is InChI=1S/C18H18FN3OS/c1-13-4-3-5-16(10-13)23-11-17-20-21-18(22(17)2)24-12-14-6-8-15(19)9-7-14/h3-10H,11-12H2,1-2H3. The van der Waals surface area contributed by atoms with E-state index < -0.39 is 0 Å². The number of nitrogens with zero attached hydrogens (tertiary/aromatic N) is 3. The van der Waals surface area contributed by atoms with Crippen molar-refractivity contribution in [2.75, 3.05) is 0 Å². The van der Waals surface area contributed by atoms with Gasteiger partial charge in [-0.2, -0.15) is 0 Å². The van der Waals surface area contributed by atoms with Gasteiger partial charge in [0.15, 0.2) is 11.0 Å². The number of benzene rings is 2. The lowest BCUT2D eigenvalue weighted by Crippen LogP contribution is -2.04. The Kier molecular flexibility index (Phi) is 5.15. The molecular weight excluding hydrogens is 325 g/mol. The van der Waals surface area contributed by atoms with Crippen molar-refractivity contribution in [1.29, 1.82) is 0 Å². The summed E-state index contributed by atoms with van der Waals surface area (Å²) in [6.45, 7) is 2.39. The number of halogens is 1. The van der Waals surface area contributed by atoms with Crippen LogP contribution in [0.1, 0.15) is 17.0 Å². The summed E-state index contributed by atoms with van der Waals surface area (Å²) in [6, 6.07) is 14.4. The lowest BCUT2D eigenvalue weighted by atomic mass is 10.2. The van der Waals surface area contributed by atoms with E-state index in [-0.39, 0.29) is 5.82 Å². The third-order valence-electron chi connectivity index (χ3n) is 3.56. The van der Waals surface area contributed by atoms with Gasteiger partial charge in [0.05, 0.1) is 0 Å². The van der Waals surface area contributed by atoms with E-state index in [1.165, 1.54) is 12.1 Å². The number of hydrogen-bond donors (Lipinski definition) is 0. The molecule has 0 aliphatic carbocycles.